The van der Waals surface area contributed by atoms with Crippen molar-refractivity contribution >= 4 is 23.6 Å². The van der Waals surface area contributed by atoms with E-state index in [1.54, 1.807) is 30.3 Å². The van der Waals surface area contributed by atoms with Gasteiger partial charge in [-0.05, 0) is 35.9 Å². The zero-order chi connectivity index (χ0) is 21.3. The number of hydrogen-bond acceptors (Lipinski definition) is 4. The lowest BCUT2D eigenvalue weighted by molar-refractivity contribution is -0.142. The molecule has 0 atom stereocenters. The third kappa shape index (κ3) is 6.81. The number of esters is 1. The molecule has 29 heavy (non-hydrogen) atoms. The van der Waals surface area contributed by atoms with Gasteiger partial charge in [0.25, 0.3) is 5.91 Å². The number of hydrogen-bond donors (Lipinski definition) is 0. The molecule has 2 aromatic carbocycles. The van der Waals surface area contributed by atoms with Crippen LogP contribution in [0.25, 0.3) is 6.08 Å². The summed E-state index contributed by atoms with van der Waals surface area (Å²) in [5.74, 6) is -1.31. The van der Waals surface area contributed by atoms with Gasteiger partial charge in [-0.2, -0.15) is 18.4 Å². The zero-order valence-corrected chi connectivity index (χ0v) is 15.2. The maximum Gasteiger partial charge on any atom is 0.416 e. The molecule has 2 aromatic rings. The Balaban J connectivity index is 1.93. The number of halogens is 3. The first-order valence-electron chi connectivity index (χ1n) is 8.55. The molecule has 5 nitrogen and oxygen atoms in total. The molecule has 0 fully saturated rings. The van der Waals surface area contributed by atoms with Crippen molar-refractivity contribution in [3.8, 4) is 6.07 Å². The van der Waals surface area contributed by atoms with Gasteiger partial charge in [-0.25, -0.2) is 4.79 Å². The number of alkyl halides is 3. The molecule has 2 rings (SSSR count). The lowest BCUT2D eigenvalue weighted by atomic mass is 10.1. The van der Waals surface area contributed by atoms with E-state index < -0.39 is 30.2 Å². The van der Waals surface area contributed by atoms with Gasteiger partial charge in [-0.3, -0.25) is 4.79 Å². The highest BCUT2D eigenvalue weighted by molar-refractivity contribution is 5.96. The minimum atomic E-state index is -4.43. The molecule has 0 bridgehead atoms. The van der Waals surface area contributed by atoms with Crippen molar-refractivity contribution in [3.05, 3.63) is 71.8 Å². The molecule has 0 unspecified atom stereocenters. The summed E-state index contributed by atoms with van der Waals surface area (Å²) in [6, 6.07) is 14.8. The number of nitrogens with zero attached hydrogens (tertiary/aromatic N) is 2. The minimum Gasteiger partial charge on any atom is -0.452 e. The van der Waals surface area contributed by atoms with E-state index >= 15 is 0 Å². The van der Waals surface area contributed by atoms with E-state index in [9.17, 15) is 22.8 Å². The number of amides is 1. The molecular formula is C21H17F3N2O3. The maximum absolute atomic E-state index is 12.5. The van der Waals surface area contributed by atoms with Gasteiger partial charge in [0, 0.05) is 18.3 Å². The SMILES string of the molecule is N#CCCN(C(=O)COC(=O)/C=C/c1ccc(C(F)(F)F)cc1)c1ccccc1. The maximum atomic E-state index is 12.5. The average Bonchev–Trinajstić information content (AvgIpc) is 2.71. The topological polar surface area (TPSA) is 70.4 Å². The van der Waals surface area contributed by atoms with Crippen molar-refractivity contribution in [2.45, 2.75) is 12.6 Å². The van der Waals surface area contributed by atoms with E-state index in [1.807, 2.05) is 6.07 Å². The molecule has 8 heteroatoms. The number of anilines is 1. The predicted octanol–water partition coefficient (Wildman–Crippen LogP) is 4.21. The Morgan fingerprint density at radius 3 is 2.31 bits per heavy atom. The Hall–Kier alpha value is -3.60. The molecule has 0 spiro atoms. The van der Waals surface area contributed by atoms with Gasteiger partial charge in [0.1, 0.15) is 0 Å². The molecule has 0 aliphatic heterocycles. The Bertz CT molecular complexity index is 902. The first-order valence-corrected chi connectivity index (χ1v) is 8.55. The first-order chi connectivity index (χ1) is 13.8. The van der Waals surface area contributed by atoms with Crippen LogP contribution in [-0.2, 0) is 20.5 Å². The summed E-state index contributed by atoms with van der Waals surface area (Å²) < 4.78 is 42.5. The van der Waals surface area contributed by atoms with Crippen LogP contribution in [0.3, 0.4) is 0 Å². The van der Waals surface area contributed by atoms with E-state index in [0.717, 1.165) is 18.2 Å². The normalized spacial score (nSPS) is 11.1. The molecule has 0 saturated heterocycles. The predicted molar refractivity (Wildman–Crippen MR) is 100 cm³/mol. The fourth-order valence-electron chi connectivity index (χ4n) is 2.37. The first kappa shape index (κ1) is 21.7. The second-order valence-electron chi connectivity index (χ2n) is 5.85. The number of rotatable bonds is 7. The molecule has 150 valence electrons. The Labute approximate surface area is 165 Å². The summed E-state index contributed by atoms with van der Waals surface area (Å²) in [6.07, 6.45) is -2.00. The monoisotopic (exact) mass is 402 g/mol. The quantitative estimate of drug-likeness (QED) is 0.514. The standard InChI is InChI=1S/C21H17F3N2O3/c22-21(23,24)17-10-7-16(8-11-17)9-12-20(28)29-15-19(27)26(14-4-13-25)18-5-2-1-3-6-18/h1-3,5-12H,4,14-15H2/b12-9+. The molecule has 0 aliphatic rings. The summed E-state index contributed by atoms with van der Waals surface area (Å²) in [7, 11) is 0. The van der Waals surface area contributed by atoms with E-state index in [-0.39, 0.29) is 13.0 Å². The lowest BCUT2D eigenvalue weighted by Gasteiger charge is -2.21. The molecule has 0 heterocycles. The van der Waals surface area contributed by atoms with Crippen molar-refractivity contribution in [1.29, 1.82) is 5.26 Å². The Kier molecular flexibility index (Phi) is 7.54. The molecule has 0 radical (unpaired) electrons. The number of nitriles is 1. The second kappa shape index (κ2) is 10.1. The number of para-hydroxylation sites is 1. The van der Waals surface area contributed by atoms with Gasteiger partial charge in [-0.15, -0.1) is 0 Å². The van der Waals surface area contributed by atoms with Crippen LogP contribution in [0.15, 0.2) is 60.7 Å². The molecule has 0 aliphatic carbocycles. The van der Waals surface area contributed by atoms with Crippen LogP contribution in [0.2, 0.25) is 0 Å². The molecule has 0 aromatic heterocycles. The number of ether oxygens (including phenoxy) is 1. The van der Waals surface area contributed by atoms with Crippen molar-refractivity contribution in [1.82, 2.24) is 0 Å². The lowest BCUT2D eigenvalue weighted by Crippen LogP contribution is -2.35. The average molecular weight is 402 g/mol. The summed E-state index contributed by atoms with van der Waals surface area (Å²) in [5.41, 5.74) is 0.159. The van der Waals surface area contributed by atoms with Crippen LogP contribution in [-0.4, -0.2) is 25.0 Å². The Morgan fingerprint density at radius 1 is 1.07 bits per heavy atom. The van der Waals surface area contributed by atoms with Gasteiger partial charge >= 0.3 is 12.1 Å². The number of carbonyl (C=O) groups excluding carboxylic acids is 2. The molecule has 0 saturated carbocycles. The fraction of sp³-hybridized carbons (Fsp3) is 0.190. The largest absolute Gasteiger partial charge is 0.452 e. The van der Waals surface area contributed by atoms with E-state index in [4.69, 9.17) is 10.00 Å². The van der Waals surface area contributed by atoms with Crippen molar-refractivity contribution in [3.63, 3.8) is 0 Å². The summed E-state index contributed by atoms with van der Waals surface area (Å²) in [4.78, 5) is 25.5. The highest BCUT2D eigenvalue weighted by Crippen LogP contribution is 2.29. The van der Waals surface area contributed by atoms with Gasteiger partial charge in [0.2, 0.25) is 0 Å². The number of carbonyl (C=O) groups is 2. The summed E-state index contributed by atoms with van der Waals surface area (Å²) >= 11 is 0. The second-order valence-corrected chi connectivity index (χ2v) is 5.85. The minimum absolute atomic E-state index is 0.113. The number of benzene rings is 2. The van der Waals surface area contributed by atoms with Gasteiger partial charge in [0.05, 0.1) is 18.1 Å². The van der Waals surface area contributed by atoms with Crippen LogP contribution >= 0.6 is 0 Å². The molecule has 1 amide bonds. The third-order valence-electron chi connectivity index (χ3n) is 3.80. The van der Waals surface area contributed by atoms with Crippen LogP contribution in [0.1, 0.15) is 17.5 Å². The fourth-order valence-corrected chi connectivity index (χ4v) is 2.37. The van der Waals surface area contributed by atoms with Gasteiger partial charge in [-0.1, -0.05) is 30.3 Å². The van der Waals surface area contributed by atoms with Gasteiger partial charge < -0.3 is 9.64 Å². The summed E-state index contributed by atoms with van der Waals surface area (Å²) in [5, 5.41) is 8.76. The highest BCUT2D eigenvalue weighted by Gasteiger charge is 2.29. The van der Waals surface area contributed by atoms with Crippen LogP contribution in [0.5, 0.6) is 0 Å². The highest BCUT2D eigenvalue weighted by atomic mass is 19.4. The van der Waals surface area contributed by atoms with E-state index in [2.05, 4.69) is 0 Å². The van der Waals surface area contributed by atoms with Crippen LogP contribution < -0.4 is 4.90 Å². The van der Waals surface area contributed by atoms with Crippen molar-refractivity contribution in [2.24, 2.45) is 0 Å². The molecule has 0 N–H and O–H groups in total. The zero-order valence-electron chi connectivity index (χ0n) is 15.2. The van der Waals surface area contributed by atoms with Gasteiger partial charge in [0.15, 0.2) is 6.61 Å². The van der Waals surface area contributed by atoms with E-state index in [0.29, 0.717) is 11.3 Å². The van der Waals surface area contributed by atoms with E-state index in [1.165, 1.54) is 23.1 Å². The summed E-state index contributed by atoms with van der Waals surface area (Å²) in [6.45, 7) is -0.380. The Morgan fingerprint density at radius 2 is 1.72 bits per heavy atom. The third-order valence-corrected chi connectivity index (χ3v) is 3.80. The van der Waals surface area contributed by atoms with Crippen molar-refractivity contribution < 1.29 is 27.5 Å². The van der Waals surface area contributed by atoms with Crippen LogP contribution in [0.4, 0.5) is 18.9 Å². The van der Waals surface area contributed by atoms with Crippen molar-refractivity contribution in [2.75, 3.05) is 18.1 Å². The van der Waals surface area contributed by atoms with Crippen LogP contribution in [0, 0.1) is 11.3 Å². The smallest absolute Gasteiger partial charge is 0.416 e. The molecular weight excluding hydrogens is 385 g/mol.